The Morgan fingerprint density at radius 3 is 2.36 bits per heavy atom. The molecule has 1 aromatic rings. The lowest BCUT2D eigenvalue weighted by atomic mass is 9.99. The second-order valence-electron chi connectivity index (χ2n) is 8.74. The van der Waals surface area contributed by atoms with Crippen molar-refractivity contribution in [1.82, 2.24) is 0 Å². The molecule has 6 nitrogen and oxygen atoms in total. The molecule has 1 aliphatic rings. The van der Waals surface area contributed by atoms with Gasteiger partial charge in [-0.2, -0.15) is 0 Å². The van der Waals surface area contributed by atoms with E-state index in [1.807, 2.05) is 18.2 Å². The van der Waals surface area contributed by atoms with Gasteiger partial charge in [0.05, 0.1) is 6.61 Å². The molecule has 1 aliphatic heterocycles. The second-order valence-corrected chi connectivity index (χ2v) is 8.74. The molecule has 1 aromatic carbocycles. The van der Waals surface area contributed by atoms with Gasteiger partial charge in [0.2, 0.25) is 6.29 Å². The van der Waals surface area contributed by atoms with E-state index in [-0.39, 0.29) is 0 Å². The second kappa shape index (κ2) is 16.0. The Morgan fingerprint density at radius 2 is 1.61 bits per heavy atom. The largest absolute Gasteiger partial charge is 0.462 e. The van der Waals surface area contributed by atoms with Crippen molar-refractivity contribution in [3.8, 4) is 5.75 Å². The third-order valence-corrected chi connectivity index (χ3v) is 5.90. The van der Waals surface area contributed by atoms with Crippen LogP contribution in [0.25, 0.3) is 0 Å². The van der Waals surface area contributed by atoms with Gasteiger partial charge in [0.25, 0.3) is 0 Å². The summed E-state index contributed by atoms with van der Waals surface area (Å²) in [4.78, 5) is 0. The Morgan fingerprint density at radius 1 is 0.879 bits per heavy atom. The normalized spacial score (nSPS) is 25.8. The molecule has 186 valence electrons. The summed E-state index contributed by atoms with van der Waals surface area (Å²) in [5, 5.41) is 39.2. The van der Waals surface area contributed by atoms with Crippen LogP contribution in [-0.4, -0.2) is 57.7 Å². The van der Waals surface area contributed by atoms with Gasteiger partial charge in [0.1, 0.15) is 30.2 Å². The predicted molar refractivity (Wildman–Crippen MR) is 130 cm³/mol. The van der Waals surface area contributed by atoms with Gasteiger partial charge in [-0.25, -0.2) is 0 Å². The number of aliphatic hydroxyl groups is 4. The van der Waals surface area contributed by atoms with E-state index >= 15 is 0 Å². The summed E-state index contributed by atoms with van der Waals surface area (Å²) >= 11 is 0. The molecule has 1 heterocycles. The maximum absolute atomic E-state index is 10.1. The highest BCUT2D eigenvalue weighted by Crippen LogP contribution is 2.25. The van der Waals surface area contributed by atoms with Crippen molar-refractivity contribution >= 4 is 0 Å². The van der Waals surface area contributed by atoms with Crippen LogP contribution in [0.15, 0.2) is 48.6 Å². The van der Waals surface area contributed by atoms with Gasteiger partial charge in [-0.3, -0.25) is 0 Å². The Labute approximate surface area is 198 Å². The van der Waals surface area contributed by atoms with Gasteiger partial charge in [0.15, 0.2) is 0 Å². The highest BCUT2D eigenvalue weighted by atomic mass is 16.7. The molecule has 0 spiro atoms. The molecule has 0 aliphatic carbocycles. The first kappa shape index (κ1) is 27.5. The van der Waals surface area contributed by atoms with E-state index in [0.29, 0.717) is 5.75 Å². The topological polar surface area (TPSA) is 99.4 Å². The van der Waals surface area contributed by atoms with Crippen LogP contribution in [0.5, 0.6) is 5.75 Å². The molecule has 0 unspecified atom stereocenters. The molecule has 5 atom stereocenters. The quantitative estimate of drug-likeness (QED) is 0.232. The number of benzene rings is 1. The molecule has 0 amide bonds. The molecular formula is C27H42O6. The first-order valence-corrected chi connectivity index (χ1v) is 12.4. The van der Waals surface area contributed by atoms with Crippen molar-refractivity contribution in [1.29, 1.82) is 0 Å². The molecule has 33 heavy (non-hydrogen) atoms. The van der Waals surface area contributed by atoms with Crippen LogP contribution in [0.4, 0.5) is 0 Å². The maximum Gasteiger partial charge on any atom is 0.229 e. The third-order valence-electron chi connectivity index (χ3n) is 5.90. The number of ether oxygens (including phenoxy) is 2. The molecule has 0 saturated carbocycles. The average Bonchev–Trinajstić information content (AvgIpc) is 2.82. The van der Waals surface area contributed by atoms with Gasteiger partial charge in [-0.1, -0.05) is 69.0 Å². The molecule has 1 fully saturated rings. The summed E-state index contributed by atoms with van der Waals surface area (Å²) < 4.78 is 11.1. The van der Waals surface area contributed by atoms with Gasteiger partial charge in [-0.15, -0.1) is 0 Å². The minimum atomic E-state index is -1.44. The van der Waals surface area contributed by atoms with Crippen LogP contribution < -0.4 is 4.74 Å². The smallest absolute Gasteiger partial charge is 0.229 e. The van der Waals surface area contributed by atoms with E-state index < -0.39 is 37.3 Å². The van der Waals surface area contributed by atoms with Crippen molar-refractivity contribution in [2.45, 2.75) is 102 Å². The van der Waals surface area contributed by atoms with Crippen LogP contribution in [-0.2, 0) is 11.2 Å². The number of unbranched alkanes of at least 4 members (excludes halogenated alkanes) is 6. The monoisotopic (exact) mass is 462 g/mol. The summed E-state index contributed by atoms with van der Waals surface area (Å²) in [6.07, 6.45) is 14.2. The van der Waals surface area contributed by atoms with Crippen molar-refractivity contribution in [2.75, 3.05) is 6.61 Å². The van der Waals surface area contributed by atoms with Crippen LogP contribution >= 0.6 is 0 Å². The Hall–Kier alpha value is -1.70. The predicted octanol–water partition coefficient (Wildman–Crippen LogP) is 4.05. The molecule has 4 N–H and O–H groups in total. The van der Waals surface area contributed by atoms with E-state index in [2.05, 4.69) is 31.2 Å². The minimum Gasteiger partial charge on any atom is -0.462 e. The molecule has 0 radical (unpaired) electrons. The lowest BCUT2D eigenvalue weighted by Gasteiger charge is -2.39. The van der Waals surface area contributed by atoms with E-state index in [9.17, 15) is 20.4 Å². The summed E-state index contributed by atoms with van der Waals surface area (Å²) in [6, 6.07) is 7.59. The standard InChI is InChI=1S/C27H42O6/c1-2-3-4-5-6-7-8-9-10-11-12-13-14-16-21-17-15-18-22(19-21)32-27-26(31)25(30)24(29)23(20-28)33-27/h4-5,7-8,15,17-19,23-31H,2-3,6,9-14,16,20H2,1H3/b5-4-,8-7-/t23-,24-,25+,26-,27-/m1/s1. The van der Waals surface area contributed by atoms with E-state index in [1.165, 1.54) is 38.5 Å². The van der Waals surface area contributed by atoms with Crippen LogP contribution in [0.2, 0.25) is 0 Å². The zero-order valence-corrected chi connectivity index (χ0v) is 19.9. The Balaban J connectivity index is 1.63. The number of hydrogen-bond acceptors (Lipinski definition) is 6. The van der Waals surface area contributed by atoms with Gasteiger partial charge in [0, 0.05) is 0 Å². The first-order valence-electron chi connectivity index (χ1n) is 12.4. The summed E-state index contributed by atoms with van der Waals surface area (Å²) in [6.45, 7) is 1.72. The molecular weight excluding hydrogens is 420 g/mol. The summed E-state index contributed by atoms with van der Waals surface area (Å²) in [7, 11) is 0. The van der Waals surface area contributed by atoms with Crippen LogP contribution in [0, 0.1) is 0 Å². The zero-order valence-electron chi connectivity index (χ0n) is 19.9. The van der Waals surface area contributed by atoms with Crippen LogP contribution in [0.1, 0.15) is 70.3 Å². The third kappa shape index (κ3) is 9.98. The maximum atomic E-state index is 10.1. The SMILES string of the molecule is CCC/C=C\C/C=C\CCCCCCCc1cccc(O[C@@H]2O[C@H](CO)[C@@H](O)[C@H](O)[C@H]2O)c1. The molecule has 2 rings (SSSR count). The highest BCUT2D eigenvalue weighted by molar-refractivity contribution is 5.28. The van der Waals surface area contributed by atoms with Gasteiger partial charge in [-0.05, 0) is 56.2 Å². The summed E-state index contributed by atoms with van der Waals surface area (Å²) in [5.74, 6) is 0.521. The molecule has 0 aromatic heterocycles. The number of aryl methyl sites for hydroxylation is 1. The van der Waals surface area contributed by atoms with E-state index in [4.69, 9.17) is 9.47 Å². The molecule has 1 saturated heterocycles. The number of allylic oxidation sites excluding steroid dienone is 4. The van der Waals surface area contributed by atoms with Crippen molar-refractivity contribution in [3.05, 3.63) is 54.1 Å². The summed E-state index contributed by atoms with van der Waals surface area (Å²) in [5.41, 5.74) is 1.14. The fraction of sp³-hybridized carbons (Fsp3) is 0.630. The fourth-order valence-corrected chi connectivity index (χ4v) is 3.87. The van der Waals surface area contributed by atoms with Gasteiger partial charge >= 0.3 is 0 Å². The van der Waals surface area contributed by atoms with Crippen LogP contribution in [0.3, 0.4) is 0 Å². The lowest BCUT2D eigenvalue weighted by molar-refractivity contribution is -0.277. The fourth-order valence-electron chi connectivity index (χ4n) is 3.87. The number of hydrogen-bond donors (Lipinski definition) is 4. The number of aliphatic hydroxyl groups excluding tert-OH is 4. The van der Waals surface area contributed by atoms with E-state index in [1.54, 1.807) is 6.07 Å². The Bertz CT molecular complexity index is 702. The lowest BCUT2D eigenvalue weighted by Crippen LogP contribution is -2.60. The van der Waals surface area contributed by atoms with Crippen molar-refractivity contribution in [3.63, 3.8) is 0 Å². The first-order chi connectivity index (χ1) is 16.1. The molecule has 6 heteroatoms. The average molecular weight is 463 g/mol. The molecule has 0 bridgehead atoms. The van der Waals surface area contributed by atoms with Crippen molar-refractivity contribution < 1.29 is 29.9 Å². The van der Waals surface area contributed by atoms with Crippen molar-refractivity contribution in [2.24, 2.45) is 0 Å². The van der Waals surface area contributed by atoms with Gasteiger partial charge < -0.3 is 29.9 Å². The highest BCUT2D eigenvalue weighted by Gasteiger charge is 2.44. The zero-order chi connectivity index (χ0) is 23.9. The minimum absolute atomic E-state index is 0.475. The van der Waals surface area contributed by atoms with E-state index in [0.717, 1.165) is 31.2 Å². The Kier molecular flexibility index (Phi) is 13.4. The number of rotatable bonds is 15.